The van der Waals surface area contributed by atoms with Crippen LogP contribution >= 0.6 is 0 Å². The van der Waals surface area contributed by atoms with Crippen LogP contribution in [0.5, 0.6) is 0 Å². The van der Waals surface area contributed by atoms with Crippen molar-refractivity contribution in [3.8, 4) is 0 Å². The van der Waals surface area contributed by atoms with Crippen molar-refractivity contribution in [1.82, 2.24) is 15.0 Å². The molecule has 1 aromatic rings. The van der Waals surface area contributed by atoms with Gasteiger partial charge in [-0.2, -0.15) is 15.0 Å². The predicted molar refractivity (Wildman–Crippen MR) is 74.4 cm³/mol. The lowest BCUT2D eigenvalue weighted by Crippen LogP contribution is -2.31. The topological polar surface area (TPSA) is 57.2 Å². The molecule has 0 bridgehead atoms. The zero-order chi connectivity index (χ0) is 13.1. The summed E-state index contributed by atoms with van der Waals surface area (Å²) in [6.45, 7) is 0. The summed E-state index contributed by atoms with van der Waals surface area (Å²) in [4.78, 5) is 17.4. The van der Waals surface area contributed by atoms with Crippen molar-refractivity contribution in [2.24, 2.45) is 0 Å². The van der Waals surface area contributed by atoms with Gasteiger partial charge in [0.25, 0.3) is 0 Å². The summed E-state index contributed by atoms with van der Waals surface area (Å²) in [5.74, 6) is 2.06. The maximum atomic E-state index is 4.52. The van der Waals surface area contributed by atoms with Gasteiger partial charge >= 0.3 is 0 Å². The third-order valence-electron chi connectivity index (χ3n) is 3.42. The Kier molecular flexibility index (Phi) is 3.84. The van der Waals surface area contributed by atoms with E-state index >= 15 is 0 Å². The zero-order valence-electron chi connectivity index (χ0n) is 11.6. The molecular formula is C12H22N6. The third kappa shape index (κ3) is 2.63. The fourth-order valence-electron chi connectivity index (χ4n) is 2.28. The Morgan fingerprint density at radius 1 is 1.00 bits per heavy atom. The molecule has 1 aliphatic rings. The summed E-state index contributed by atoms with van der Waals surface area (Å²) >= 11 is 0. The number of nitrogens with one attached hydrogen (secondary N) is 1. The van der Waals surface area contributed by atoms with Crippen LogP contribution in [-0.4, -0.2) is 49.2 Å². The molecule has 0 unspecified atom stereocenters. The smallest absolute Gasteiger partial charge is 0.231 e. The van der Waals surface area contributed by atoms with E-state index in [4.69, 9.17) is 0 Å². The van der Waals surface area contributed by atoms with E-state index in [2.05, 4.69) is 32.2 Å². The average Bonchev–Trinajstić information content (AvgIpc) is 2.91. The molecule has 1 N–H and O–H groups in total. The van der Waals surface area contributed by atoms with Gasteiger partial charge in [-0.1, -0.05) is 12.8 Å². The van der Waals surface area contributed by atoms with E-state index in [9.17, 15) is 0 Å². The standard InChI is InChI=1S/C12H22N6/c1-13-10-14-11(17(2)3)16-12(15-10)18(4)9-7-5-6-8-9/h9H,5-8H2,1-4H3,(H,13,14,15,16). The van der Waals surface area contributed by atoms with Crippen molar-refractivity contribution < 1.29 is 0 Å². The highest BCUT2D eigenvalue weighted by Crippen LogP contribution is 2.26. The Balaban J connectivity index is 2.27. The van der Waals surface area contributed by atoms with Crippen molar-refractivity contribution in [1.29, 1.82) is 0 Å². The monoisotopic (exact) mass is 250 g/mol. The van der Waals surface area contributed by atoms with Crippen LogP contribution in [0.15, 0.2) is 0 Å². The van der Waals surface area contributed by atoms with E-state index < -0.39 is 0 Å². The van der Waals surface area contributed by atoms with Gasteiger partial charge in [-0.25, -0.2) is 0 Å². The van der Waals surface area contributed by atoms with Crippen LogP contribution in [0.1, 0.15) is 25.7 Å². The fraction of sp³-hybridized carbons (Fsp3) is 0.750. The van der Waals surface area contributed by atoms with Crippen LogP contribution < -0.4 is 15.1 Å². The molecule has 0 aliphatic heterocycles. The van der Waals surface area contributed by atoms with E-state index in [1.807, 2.05) is 26.0 Å². The molecule has 1 aromatic heterocycles. The first kappa shape index (κ1) is 12.9. The van der Waals surface area contributed by atoms with Gasteiger partial charge in [0.15, 0.2) is 0 Å². The molecule has 1 fully saturated rings. The van der Waals surface area contributed by atoms with Gasteiger partial charge in [0.2, 0.25) is 17.8 Å². The highest BCUT2D eigenvalue weighted by Gasteiger charge is 2.22. The highest BCUT2D eigenvalue weighted by atomic mass is 15.3. The van der Waals surface area contributed by atoms with E-state index in [0.717, 1.165) is 5.95 Å². The lowest BCUT2D eigenvalue weighted by Gasteiger charge is -2.25. The quantitative estimate of drug-likeness (QED) is 0.870. The summed E-state index contributed by atoms with van der Waals surface area (Å²) in [6, 6.07) is 0.562. The van der Waals surface area contributed by atoms with Gasteiger partial charge in [0.1, 0.15) is 0 Å². The molecule has 6 nitrogen and oxygen atoms in total. The van der Waals surface area contributed by atoms with Crippen LogP contribution in [0.4, 0.5) is 17.8 Å². The number of hydrogen-bond acceptors (Lipinski definition) is 6. The van der Waals surface area contributed by atoms with E-state index in [-0.39, 0.29) is 0 Å². The molecule has 100 valence electrons. The number of aromatic nitrogens is 3. The molecule has 2 rings (SSSR count). The number of hydrogen-bond donors (Lipinski definition) is 1. The number of nitrogens with zero attached hydrogens (tertiary/aromatic N) is 5. The summed E-state index contributed by atoms with van der Waals surface area (Å²) in [7, 11) is 7.78. The Hall–Kier alpha value is -1.59. The molecule has 0 aromatic carbocycles. The molecule has 0 atom stereocenters. The van der Waals surface area contributed by atoms with Crippen molar-refractivity contribution in [3.63, 3.8) is 0 Å². The van der Waals surface area contributed by atoms with E-state index in [1.165, 1.54) is 25.7 Å². The Bertz CT molecular complexity index is 400. The highest BCUT2D eigenvalue weighted by molar-refractivity contribution is 5.44. The van der Waals surface area contributed by atoms with Crippen molar-refractivity contribution in [2.75, 3.05) is 43.3 Å². The number of rotatable bonds is 4. The van der Waals surface area contributed by atoms with Gasteiger partial charge in [0.05, 0.1) is 0 Å². The van der Waals surface area contributed by atoms with Crippen LogP contribution in [-0.2, 0) is 0 Å². The molecule has 0 saturated heterocycles. The minimum absolute atomic E-state index is 0.562. The lowest BCUT2D eigenvalue weighted by atomic mass is 10.2. The first-order chi connectivity index (χ1) is 8.61. The second-order valence-corrected chi connectivity index (χ2v) is 4.95. The van der Waals surface area contributed by atoms with Crippen LogP contribution in [0.3, 0.4) is 0 Å². The second-order valence-electron chi connectivity index (χ2n) is 4.95. The molecule has 0 spiro atoms. The largest absolute Gasteiger partial charge is 0.357 e. The van der Waals surface area contributed by atoms with Gasteiger partial charge in [-0.05, 0) is 12.8 Å². The Labute approximate surface area is 108 Å². The molecule has 18 heavy (non-hydrogen) atoms. The normalized spacial score (nSPS) is 15.8. The van der Waals surface area contributed by atoms with E-state index in [1.54, 1.807) is 0 Å². The van der Waals surface area contributed by atoms with Gasteiger partial charge in [0, 0.05) is 34.2 Å². The average molecular weight is 250 g/mol. The maximum Gasteiger partial charge on any atom is 0.231 e. The zero-order valence-corrected chi connectivity index (χ0v) is 11.6. The summed E-state index contributed by atoms with van der Waals surface area (Å²) in [5.41, 5.74) is 0. The summed E-state index contributed by atoms with van der Waals surface area (Å²) in [6.07, 6.45) is 5.07. The second kappa shape index (κ2) is 5.37. The van der Waals surface area contributed by atoms with Gasteiger partial charge in [-0.15, -0.1) is 0 Å². The molecule has 1 heterocycles. The Morgan fingerprint density at radius 3 is 2.17 bits per heavy atom. The maximum absolute atomic E-state index is 4.52. The van der Waals surface area contributed by atoms with Gasteiger partial charge < -0.3 is 15.1 Å². The van der Waals surface area contributed by atoms with Crippen molar-refractivity contribution in [3.05, 3.63) is 0 Å². The molecule has 1 aliphatic carbocycles. The Morgan fingerprint density at radius 2 is 1.61 bits per heavy atom. The lowest BCUT2D eigenvalue weighted by molar-refractivity contribution is 0.636. The molecule has 0 amide bonds. The molecule has 1 saturated carbocycles. The minimum atomic E-state index is 0.562. The third-order valence-corrected chi connectivity index (χ3v) is 3.42. The minimum Gasteiger partial charge on any atom is -0.357 e. The summed E-state index contributed by atoms with van der Waals surface area (Å²) in [5, 5.41) is 2.99. The molecular weight excluding hydrogens is 228 g/mol. The first-order valence-electron chi connectivity index (χ1n) is 6.46. The predicted octanol–water partition coefficient (Wildman–Crippen LogP) is 1.36. The number of anilines is 3. The van der Waals surface area contributed by atoms with Crippen LogP contribution in [0.25, 0.3) is 0 Å². The summed E-state index contributed by atoms with van der Waals surface area (Å²) < 4.78 is 0. The van der Waals surface area contributed by atoms with Crippen molar-refractivity contribution >= 4 is 17.8 Å². The SMILES string of the molecule is CNc1nc(N(C)C)nc(N(C)C2CCCC2)n1. The van der Waals surface area contributed by atoms with Crippen LogP contribution in [0, 0.1) is 0 Å². The van der Waals surface area contributed by atoms with Crippen LogP contribution in [0.2, 0.25) is 0 Å². The van der Waals surface area contributed by atoms with Crippen molar-refractivity contribution in [2.45, 2.75) is 31.7 Å². The van der Waals surface area contributed by atoms with E-state index in [0.29, 0.717) is 17.9 Å². The van der Waals surface area contributed by atoms with Gasteiger partial charge in [-0.3, -0.25) is 0 Å². The fourth-order valence-corrected chi connectivity index (χ4v) is 2.28. The first-order valence-corrected chi connectivity index (χ1v) is 6.46. The molecule has 6 heteroatoms. The molecule has 0 radical (unpaired) electrons.